The molecule has 4 nitrogen and oxygen atoms in total. The van der Waals surface area contributed by atoms with Crippen molar-refractivity contribution in [1.29, 1.82) is 0 Å². The summed E-state index contributed by atoms with van der Waals surface area (Å²) in [7, 11) is 0. The zero-order chi connectivity index (χ0) is 9.68. The minimum atomic E-state index is -0.336. The molecular weight excluding hydrogens is 168 g/mol. The van der Waals surface area contributed by atoms with Gasteiger partial charge in [-0.15, -0.1) is 0 Å². The Morgan fingerprint density at radius 2 is 2.54 bits per heavy atom. The highest BCUT2D eigenvalue weighted by Crippen LogP contribution is 2.04. The summed E-state index contributed by atoms with van der Waals surface area (Å²) in [6, 6.07) is -0.00556. The third-order valence-electron chi connectivity index (χ3n) is 2.24. The van der Waals surface area contributed by atoms with Crippen LogP contribution in [-0.2, 0) is 4.79 Å². The molecule has 0 unspecified atom stereocenters. The molecule has 1 fully saturated rings. The smallest absolute Gasteiger partial charge is 0.237 e. The number of nitrogens with one attached hydrogen (secondary N) is 2. The first-order valence-corrected chi connectivity index (χ1v) is 4.89. The molecule has 1 rings (SSSR count). The molecule has 1 aliphatic heterocycles. The molecule has 0 bridgehead atoms. The Morgan fingerprint density at radius 3 is 3.08 bits per heavy atom. The van der Waals surface area contributed by atoms with Crippen molar-refractivity contribution in [2.45, 2.75) is 38.3 Å². The van der Waals surface area contributed by atoms with Crippen molar-refractivity contribution in [2.24, 2.45) is 0 Å². The third kappa shape index (κ3) is 3.74. The van der Waals surface area contributed by atoms with Gasteiger partial charge in [-0.05, 0) is 32.7 Å². The lowest BCUT2D eigenvalue weighted by molar-refractivity contribution is -0.122. The van der Waals surface area contributed by atoms with E-state index < -0.39 is 0 Å². The summed E-state index contributed by atoms with van der Waals surface area (Å²) in [6.45, 7) is 3.23. The highest BCUT2D eigenvalue weighted by Gasteiger charge is 2.21. The largest absolute Gasteiger partial charge is 0.393 e. The van der Waals surface area contributed by atoms with Gasteiger partial charge in [-0.3, -0.25) is 4.79 Å². The van der Waals surface area contributed by atoms with Crippen molar-refractivity contribution >= 4 is 5.91 Å². The maximum Gasteiger partial charge on any atom is 0.237 e. The highest BCUT2D eigenvalue weighted by molar-refractivity contribution is 5.81. The monoisotopic (exact) mass is 186 g/mol. The quantitative estimate of drug-likeness (QED) is 0.561. The van der Waals surface area contributed by atoms with Gasteiger partial charge in [0.05, 0.1) is 12.1 Å². The van der Waals surface area contributed by atoms with Crippen LogP contribution in [0.15, 0.2) is 0 Å². The lowest BCUT2D eigenvalue weighted by atomic mass is 10.2. The maximum absolute atomic E-state index is 11.4. The fraction of sp³-hybridized carbons (Fsp3) is 0.889. The molecule has 1 aliphatic rings. The molecule has 76 valence electrons. The molecule has 0 aromatic rings. The van der Waals surface area contributed by atoms with Crippen LogP contribution in [0.1, 0.15) is 26.2 Å². The summed E-state index contributed by atoms with van der Waals surface area (Å²) >= 11 is 0. The molecule has 1 heterocycles. The van der Waals surface area contributed by atoms with E-state index in [0.29, 0.717) is 13.0 Å². The molecule has 0 saturated carbocycles. The second kappa shape index (κ2) is 5.19. The van der Waals surface area contributed by atoms with Crippen molar-refractivity contribution in [2.75, 3.05) is 13.1 Å². The van der Waals surface area contributed by atoms with Crippen LogP contribution in [-0.4, -0.2) is 36.2 Å². The minimum Gasteiger partial charge on any atom is -0.393 e. The van der Waals surface area contributed by atoms with E-state index in [1.165, 1.54) is 0 Å². The van der Waals surface area contributed by atoms with Crippen molar-refractivity contribution in [1.82, 2.24) is 10.6 Å². The zero-order valence-corrected chi connectivity index (χ0v) is 8.05. The second-order valence-corrected chi connectivity index (χ2v) is 3.58. The van der Waals surface area contributed by atoms with E-state index in [-0.39, 0.29) is 18.1 Å². The number of aliphatic hydroxyl groups is 1. The summed E-state index contributed by atoms with van der Waals surface area (Å²) in [4.78, 5) is 11.4. The van der Waals surface area contributed by atoms with Crippen LogP contribution in [0.25, 0.3) is 0 Å². The van der Waals surface area contributed by atoms with Gasteiger partial charge in [-0.1, -0.05) is 0 Å². The van der Waals surface area contributed by atoms with Crippen molar-refractivity contribution in [3.8, 4) is 0 Å². The number of amides is 1. The Kier molecular flexibility index (Phi) is 4.18. The van der Waals surface area contributed by atoms with Gasteiger partial charge in [0, 0.05) is 6.54 Å². The van der Waals surface area contributed by atoms with Gasteiger partial charge in [0.25, 0.3) is 0 Å². The van der Waals surface area contributed by atoms with Crippen molar-refractivity contribution in [3.63, 3.8) is 0 Å². The summed E-state index contributed by atoms with van der Waals surface area (Å²) in [5, 5.41) is 14.9. The van der Waals surface area contributed by atoms with Crippen LogP contribution in [0.4, 0.5) is 0 Å². The van der Waals surface area contributed by atoms with Crippen LogP contribution >= 0.6 is 0 Å². The number of carbonyl (C=O) groups excluding carboxylic acids is 1. The Balaban J connectivity index is 2.10. The fourth-order valence-electron chi connectivity index (χ4n) is 1.44. The predicted octanol–water partition coefficient (Wildman–Crippen LogP) is -0.374. The van der Waals surface area contributed by atoms with Gasteiger partial charge in [0.1, 0.15) is 0 Å². The van der Waals surface area contributed by atoms with Gasteiger partial charge in [0.15, 0.2) is 0 Å². The topological polar surface area (TPSA) is 61.4 Å². The van der Waals surface area contributed by atoms with E-state index in [1.807, 2.05) is 0 Å². The van der Waals surface area contributed by atoms with Crippen LogP contribution in [0, 0.1) is 0 Å². The molecule has 3 N–H and O–H groups in total. The van der Waals surface area contributed by atoms with Crippen LogP contribution in [0.2, 0.25) is 0 Å². The number of hydrogen-bond acceptors (Lipinski definition) is 3. The lowest BCUT2D eigenvalue weighted by Gasteiger charge is -2.11. The Labute approximate surface area is 78.7 Å². The van der Waals surface area contributed by atoms with E-state index in [1.54, 1.807) is 6.92 Å². The van der Waals surface area contributed by atoms with Crippen LogP contribution in [0.5, 0.6) is 0 Å². The third-order valence-corrected chi connectivity index (χ3v) is 2.24. The molecule has 4 heteroatoms. The lowest BCUT2D eigenvalue weighted by Crippen LogP contribution is -2.41. The summed E-state index contributed by atoms with van der Waals surface area (Å²) in [5.41, 5.74) is 0. The summed E-state index contributed by atoms with van der Waals surface area (Å²) in [6.07, 6.45) is 2.30. The van der Waals surface area contributed by atoms with Gasteiger partial charge >= 0.3 is 0 Å². The number of aliphatic hydroxyl groups excluding tert-OH is 1. The molecule has 2 atom stereocenters. The Hall–Kier alpha value is -0.610. The van der Waals surface area contributed by atoms with Crippen LogP contribution < -0.4 is 10.6 Å². The standard InChI is InChI=1S/C9H18N2O2/c1-7(12)4-6-11-9(13)8-3-2-5-10-8/h7-8,10,12H,2-6H2,1H3,(H,11,13)/t7-,8+/m1/s1. The van der Waals surface area contributed by atoms with E-state index in [4.69, 9.17) is 5.11 Å². The van der Waals surface area contributed by atoms with Gasteiger partial charge < -0.3 is 15.7 Å². The average molecular weight is 186 g/mol. The molecule has 0 aromatic heterocycles. The Morgan fingerprint density at radius 1 is 1.77 bits per heavy atom. The molecule has 0 aliphatic carbocycles. The molecule has 0 radical (unpaired) electrons. The fourth-order valence-corrected chi connectivity index (χ4v) is 1.44. The minimum absolute atomic E-state index is 0.00556. The molecule has 13 heavy (non-hydrogen) atoms. The zero-order valence-electron chi connectivity index (χ0n) is 8.05. The van der Waals surface area contributed by atoms with Crippen molar-refractivity contribution in [3.05, 3.63) is 0 Å². The first kappa shape index (κ1) is 10.5. The van der Waals surface area contributed by atoms with Gasteiger partial charge in [-0.2, -0.15) is 0 Å². The normalized spacial score (nSPS) is 24.3. The molecular formula is C9H18N2O2. The second-order valence-electron chi connectivity index (χ2n) is 3.58. The van der Waals surface area contributed by atoms with E-state index >= 15 is 0 Å². The van der Waals surface area contributed by atoms with E-state index in [0.717, 1.165) is 19.4 Å². The molecule has 0 aromatic carbocycles. The highest BCUT2D eigenvalue weighted by atomic mass is 16.3. The first-order chi connectivity index (χ1) is 6.20. The summed E-state index contributed by atoms with van der Waals surface area (Å²) < 4.78 is 0. The number of carbonyl (C=O) groups is 1. The number of hydrogen-bond donors (Lipinski definition) is 3. The van der Waals surface area contributed by atoms with Crippen molar-refractivity contribution < 1.29 is 9.90 Å². The molecule has 1 saturated heterocycles. The van der Waals surface area contributed by atoms with Crippen LogP contribution in [0.3, 0.4) is 0 Å². The first-order valence-electron chi connectivity index (χ1n) is 4.89. The van der Waals surface area contributed by atoms with Gasteiger partial charge in [-0.25, -0.2) is 0 Å². The molecule has 0 spiro atoms. The Bertz CT molecular complexity index is 165. The van der Waals surface area contributed by atoms with E-state index in [9.17, 15) is 4.79 Å². The maximum atomic E-state index is 11.4. The molecule has 1 amide bonds. The average Bonchev–Trinajstić information content (AvgIpc) is 2.55. The van der Waals surface area contributed by atoms with Gasteiger partial charge in [0.2, 0.25) is 5.91 Å². The van der Waals surface area contributed by atoms with E-state index in [2.05, 4.69) is 10.6 Å². The summed E-state index contributed by atoms with van der Waals surface area (Å²) in [5.74, 6) is 0.0677. The SMILES string of the molecule is C[C@@H](O)CCNC(=O)[C@@H]1CCCN1. The predicted molar refractivity (Wildman–Crippen MR) is 50.3 cm³/mol. The number of rotatable bonds is 4.